The van der Waals surface area contributed by atoms with Gasteiger partial charge in [0.1, 0.15) is 12.0 Å². The van der Waals surface area contributed by atoms with E-state index in [1.165, 1.54) is 6.07 Å². The second kappa shape index (κ2) is 9.62. The van der Waals surface area contributed by atoms with Gasteiger partial charge in [0.15, 0.2) is 0 Å². The first-order chi connectivity index (χ1) is 15.1. The van der Waals surface area contributed by atoms with Gasteiger partial charge in [-0.05, 0) is 58.1 Å². The lowest BCUT2D eigenvalue weighted by molar-refractivity contribution is 0.274. The van der Waals surface area contributed by atoms with Gasteiger partial charge < -0.3 is 0 Å². The summed E-state index contributed by atoms with van der Waals surface area (Å²) in [6.45, 7) is 2.09. The standard InChI is InChI=1S/C28H25ClF2/c1-2-3-8-26(28(31)23-10-9-19-6-4-5-7-21(19)17-23)22-13-16-25(27(30)18-22)20-11-14-24(29)15-12-20/h4-7,9-18,26,28H,2-3,8H2,1H3. The van der Waals surface area contributed by atoms with E-state index in [-0.39, 0.29) is 5.82 Å². The van der Waals surface area contributed by atoms with E-state index in [0.29, 0.717) is 28.1 Å². The van der Waals surface area contributed by atoms with E-state index in [4.69, 9.17) is 11.6 Å². The van der Waals surface area contributed by atoms with E-state index < -0.39 is 12.1 Å². The molecule has 0 N–H and O–H groups in total. The van der Waals surface area contributed by atoms with Crippen LogP contribution < -0.4 is 0 Å². The number of hydrogen-bond acceptors (Lipinski definition) is 0. The van der Waals surface area contributed by atoms with Crippen LogP contribution in [0.5, 0.6) is 0 Å². The number of benzene rings is 4. The molecule has 4 aromatic carbocycles. The molecular formula is C28H25ClF2. The number of unbranched alkanes of at least 4 members (excludes halogenated alkanes) is 1. The number of alkyl halides is 1. The average molecular weight is 435 g/mol. The Kier molecular flexibility index (Phi) is 6.67. The van der Waals surface area contributed by atoms with Gasteiger partial charge in [-0.2, -0.15) is 0 Å². The fraction of sp³-hybridized carbons (Fsp3) is 0.214. The maximum Gasteiger partial charge on any atom is 0.132 e. The van der Waals surface area contributed by atoms with Crippen LogP contribution in [0.1, 0.15) is 49.4 Å². The summed E-state index contributed by atoms with van der Waals surface area (Å²) in [5.41, 5.74) is 2.59. The topological polar surface area (TPSA) is 0 Å². The van der Waals surface area contributed by atoms with Gasteiger partial charge in [-0.1, -0.05) is 92.0 Å². The molecule has 3 heteroatoms. The zero-order valence-electron chi connectivity index (χ0n) is 17.5. The van der Waals surface area contributed by atoms with Gasteiger partial charge in [0.05, 0.1) is 0 Å². The number of hydrogen-bond donors (Lipinski definition) is 0. The first-order valence-electron chi connectivity index (χ1n) is 10.7. The Hall–Kier alpha value is -2.71. The maximum absolute atomic E-state index is 15.8. The SMILES string of the molecule is CCCCC(c1ccc(-c2ccc(Cl)cc2)c(F)c1)C(F)c1ccc2ccccc2c1. The van der Waals surface area contributed by atoms with Crippen LogP contribution in [0.25, 0.3) is 21.9 Å². The van der Waals surface area contributed by atoms with Crippen molar-refractivity contribution in [1.82, 2.24) is 0 Å². The van der Waals surface area contributed by atoms with Gasteiger partial charge in [-0.3, -0.25) is 0 Å². The summed E-state index contributed by atoms with van der Waals surface area (Å²) in [7, 11) is 0. The highest BCUT2D eigenvalue weighted by molar-refractivity contribution is 6.30. The summed E-state index contributed by atoms with van der Waals surface area (Å²) in [6, 6.07) is 25.8. The van der Waals surface area contributed by atoms with Crippen molar-refractivity contribution in [3.8, 4) is 11.1 Å². The third-order valence-electron chi connectivity index (χ3n) is 5.89. The van der Waals surface area contributed by atoms with Crippen molar-refractivity contribution in [1.29, 1.82) is 0 Å². The van der Waals surface area contributed by atoms with E-state index >= 15 is 8.78 Å². The molecule has 31 heavy (non-hydrogen) atoms. The van der Waals surface area contributed by atoms with Crippen LogP contribution in [0.4, 0.5) is 8.78 Å². The molecule has 0 aliphatic heterocycles. The molecule has 0 spiro atoms. The number of halogens is 3. The van der Waals surface area contributed by atoms with Crippen LogP contribution >= 0.6 is 11.6 Å². The fourth-order valence-corrected chi connectivity index (χ4v) is 4.27. The Labute approximate surface area is 187 Å². The van der Waals surface area contributed by atoms with Crippen molar-refractivity contribution < 1.29 is 8.78 Å². The van der Waals surface area contributed by atoms with E-state index in [9.17, 15) is 0 Å². The molecule has 0 nitrogen and oxygen atoms in total. The maximum atomic E-state index is 15.8. The minimum atomic E-state index is -1.20. The van der Waals surface area contributed by atoms with E-state index in [1.807, 2.05) is 48.5 Å². The molecule has 0 bridgehead atoms. The van der Waals surface area contributed by atoms with Gasteiger partial charge in [-0.25, -0.2) is 8.78 Å². The Bertz CT molecular complexity index is 1170. The number of rotatable bonds is 7. The zero-order chi connectivity index (χ0) is 21.8. The largest absolute Gasteiger partial charge is 0.242 e. The Morgan fingerprint density at radius 1 is 0.806 bits per heavy atom. The highest BCUT2D eigenvalue weighted by Gasteiger charge is 2.25. The number of fused-ring (bicyclic) bond motifs is 1. The Balaban J connectivity index is 1.67. The lowest BCUT2D eigenvalue weighted by Gasteiger charge is -2.23. The van der Waals surface area contributed by atoms with Crippen LogP contribution in [0, 0.1) is 5.82 Å². The summed E-state index contributed by atoms with van der Waals surface area (Å²) in [5.74, 6) is -0.734. The van der Waals surface area contributed by atoms with Crippen molar-refractivity contribution in [3.05, 3.63) is 107 Å². The minimum absolute atomic E-state index is 0.341. The first-order valence-corrected chi connectivity index (χ1v) is 11.1. The molecule has 4 rings (SSSR count). The lowest BCUT2D eigenvalue weighted by atomic mass is 9.85. The third kappa shape index (κ3) is 4.80. The van der Waals surface area contributed by atoms with Crippen molar-refractivity contribution in [2.75, 3.05) is 0 Å². The molecule has 4 aromatic rings. The minimum Gasteiger partial charge on any atom is -0.242 e. The second-order valence-electron chi connectivity index (χ2n) is 8.00. The molecule has 0 saturated carbocycles. The van der Waals surface area contributed by atoms with Crippen LogP contribution in [-0.4, -0.2) is 0 Å². The van der Waals surface area contributed by atoms with Gasteiger partial charge in [-0.15, -0.1) is 0 Å². The lowest BCUT2D eigenvalue weighted by Crippen LogP contribution is -2.08. The molecule has 0 fully saturated rings. The van der Waals surface area contributed by atoms with Crippen LogP contribution in [0.3, 0.4) is 0 Å². The summed E-state index contributed by atoms with van der Waals surface area (Å²) >= 11 is 5.95. The molecule has 158 valence electrons. The van der Waals surface area contributed by atoms with Gasteiger partial charge >= 0.3 is 0 Å². The molecule has 0 aliphatic rings. The monoisotopic (exact) mass is 434 g/mol. The highest BCUT2D eigenvalue weighted by Crippen LogP contribution is 2.40. The molecule has 0 amide bonds. The smallest absolute Gasteiger partial charge is 0.132 e. The van der Waals surface area contributed by atoms with Gasteiger partial charge in [0.2, 0.25) is 0 Å². The molecule has 0 radical (unpaired) electrons. The van der Waals surface area contributed by atoms with E-state index in [0.717, 1.165) is 29.2 Å². The molecule has 2 atom stereocenters. The average Bonchev–Trinajstić information content (AvgIpc) is 2.79. The quantitative estimate of drug-likeness (QED) is 0.272. The summed E-state index contributed by atoms with van der Waals surface area (Å²) in [5, 5.41) is 2.71. The zero-order valence-corrected chi connectivity index (χ0v) is 18.2. The first kappa shape index (κ1) is 21.5. The fourth-order valence-electron chi connectivity index (χ4n) is 4.14. The molecular weight excluding hydrogens is 410 g/mol. The summed E-state index contributed by atoms with van der Waals surface area (Å²) in [6.07, 6.45) is 1.33. The predicted molar refractivity (Wildman–Crippen MR) is 127 cm³/mol. The van der Waals surface area contributed by atoms with E-state index in [1.54, 1.807) is 30.3 Å². The summed E-state index contributed by atoms with van der Waals surface area (Å²) in [4.78, 5) is 0. The third-order valence-corrected chi connectivity index (χ3v) is 6.14. The van der Waals surface area contributed by atoms with Crippen molar-refractivity contribution in [2.45, 2.75) is 38.3 Å². The van der Waals surface area contributed by atoms with Gasteiger partial charge in [0, 0.05) is 16.5 Å². The molecule has 0 saturated heterocycles. The molecule has 0 aliphatic carbocycles. The van der Waals surface area contributed by atoms with Gasteiger partial charge in [0.25, 0.3) is 0 Å². The van der Waals surface area contributed by atoms with Crippen LogP contribution in [-0.2, 0) is 0 Å². The predicted octanol–water partition coefficient (Wildman–Crippen LogP) is 9.28. The van der Waals surface area contributed by atoms with Crippen LogP contribution in [0.15, 0.2) is 84.9 Å². The molecule has 0 heterocycles. The van der Waals surface area contributed by atoms with E-state index in [2.05, 4.69) is 6.92 Å². The second-order valence-corrected chi connectivity index (χ2v) is 8.44. The van der Waals surface area contributed by atoms with Crippen LogP contribution in [0.2, 0.25) is 5.02 Å². The summed E-state index contributed by atoms with van der Waals surface area (Å²) < 4.78 is 30.8. The van der Waals surface area contributed by atoms with Crippen molar-refractivity contribution >= 4 is 22.4 Å². The Morgan fingerprint density at radius 3 is 2.23 bits per heavy atom. The van der Waals surface area contributed by atoms with Crippen molar-refractivity contribution in [3.63, 3.8) is 0 Å². The van der Waals surface area contributed by atoms with Crippen molar-refractivity contribution in [2.24, 2.45) is 0 Å². The molecule has 0 aromatic heterocycles. The highest BCUT2D eigenvalue weighted by atomic mass is 35.5. The normalized spacial score (nSPS) is 13.3. The molecule has 2 unspecified atom stereocenters. The Morgan fingerprint density at radius 2 is 1.52 bits per heavy atom.